The van der Waals surface area contributed by atoms with Crippen LogP contribution in [0.3, 0.4) is 0 Å². The van der Waals surface area contributed by atoms with Crippen LogP contribution in [-0.4, -0.2) is 47.5 Å². The van der Waals surface area contributed by atoms with E-state index in [1.54, 1.807) is 0 Å². The second kappa shape index (κ2) is 7.16. The summed E-state index contributed by atoms with van der Waals surface area (Å²) in [7, 11) is 1.28. The average molecular weight is 265 g/mol. The molecule has 0 N–H and O–H groups in total. The summed E-state index contributed by atoms with van der Waals surface area (Å²) in [5.74, 6) is 0.600. The van der Waals surface area contributed by atoms with Crippen molar-refractivity contribution < 1.29 is 18.6 Å². The highest BCUT2D eigenvalue weighted by Gasteiger charge is 2.36. The Balaban J connectivity index is 1.86. The largest absolute Gasteiger partial charge is 0.418 e. The van der Waals surface area contributed by atoms with Crippen LogP contribution in [-0.2, 0) is 18.6 Å². The van der Waals surface area contributed by atoms with E-state index in [9.17, 15) is 0 Å². The SMILES string of the molecule is CCC1COB([B]B2OCCCO2)OCC(C)(C)C1. The monoisotopic (exact) mass is 265 g/mol. The van der Waals surface area contributed by atoms with Gasteiger partial charge in [0.2, 0.25) is 7.06 Å². The molecular formula is C12H24B3O4. The highest BCUT2D eigenvalue weighted by Crippen LogP contribution is 2.29. The van der Waals surface area contributed by atoms with E-state index in [0.29, 0.717) is 12.5 Å². The van der Waals surface area contributed by atoms with Gasteiger partial charge in [-0.1, -0.05) is 27.2 Å². The molecule has 2 aliphatic heterocycles. The molecule has 2 heterocycles. The smallest absolute Gasteiger partial charge is 0.395 e. The first kappa shape index (κ1) is 15.4. The Morgan fingerprint density at radius 3 is 2.47 bits per heavy atom. The Morgan fingerprint density at radius 2 is 1.79 bits per heavy atom. The molecule has 0 spiro atoms. The molecule has 2 fully saturated rings. The molecule has 2 aliphatic rings. The summed E-state index contributed by atoms with van der Waals surface area (Å²) in [5, 5.41) is 0. The Bertz CT molecular complexity index is 272. The van der Waals surface area contributed by atoms with Crippen molar-refractivity contribution in [3.05, 3.63) is 0 Å². The molecule has 0 aromatic rings. The van der Waals surface area contributed by atoms with Gasteiger partial charge in [0, 0.05) is 26.4 Å². The van der Waals surface area contributed by atoms with Crippen molar-refractivity contribution in [1.82, 2.24) is 0 Å². The second-order valence-corrected chi connectivity index (χ2v) is 6.31. The maximum atomic E-state index is 5.86. The summed E-state index contributed by atoms with van der Waals surface area (Å²) in [5.41, 5.74) is 0.199. The third kappa shape index (κ3) is 5.14. The molecule has 1 atom stereocenters. The summed E-state index contributed by atoms with van der Waals surface area (Å²) < 4.78 is 22.7. The molecular weight excluding hydrogens is 241 g/mol. The molecule has 1 radical (unpaired) electrons. The minimum absolute atomic E-state index is 0.199. The molecule has 0 aromatic carbocycles. The van der Waals surface area contributed by atoms with E-state index in [2.05, 4.69) is 20.8 Å². The van der Waals surface area contributed by atoms with Crippen molar-refractivity contribution in [3.63, 3.8) is 0 Å². The van der Waals surface area contributed by atoms with E-state index in [1.165, 1.54) is 0 Å². The van der Waals surface area contributed by atoms with E-state index >= 15 is 0 Å². The van der Waals surface area contributed by atoms with Gasteiger partial charge in [0.05, 0.1) is 0 Å². The third-order valence-corrected chi connectivity index (χ3v) is 3.72. The van der Waals surface area contributed by atoms with Crippen LogP contribution in [0.15, 0.2) is 0 Å². The summed E-state index contributed by atoms with van der Waals surface area (Å²) in [6, 6.07) is 0. The van der Waals surface area contributed by atoms with Crippen LogP contribution in [0.25, 0.3) is 0 Å². The van der Waals surface area contributed by atoms with Crippen molar-refractivity contribution in [1.29, 1.82) is 0 Å². The molecule has 4 nitrogen and oxygen atoms in total. The van der Waals surface area contributed by atoms with Crippen molar-refractivity contribution >= 4 is 21.1 Å². The molecule has 19 heavy (non-hydrogen) atoms. The molecule has 0 saturated carbocycles. The van der Waals surface area contributed by atoms with Gasteiger partial charge in [0.15, 0.2) is 0 Å². The fourth-order valence-electron chi connectivity index (χ4n) is 2.60. The topological polar surface area (TPSA) is 36.9 Å². The number of rotatable bonds is 3. The van der Waals surface area contributed by atoms with Gasteiger partial charge in [-0.2, -0.15) is 0 Å². The molecule has 1 unspecified atom stereocenters. The van der Waals surface area contributed by atoms with E-state index in [0.717, 1.165) is 39.1 Å². The lowest BCUT2D eigenvalue weighted by atomic mass is 9.23. The predicted octanol–water partition coefficient (Wildman–Crippen LogP) is 1.59. The first-order chi connectivity index (χ1) is 9.09. The Hall–Kier alpha value is 0.0348. The van der Waals surface area contributed by atoms with Crippen molar-refractivity contribution in [2.24, 2.45) is 11.3 Å². The summed E-state index contributed by atoms with van der Waals surface area (Å²) >= 11 is 0. The van der Waals surface area contributed by atoms with Gasteiger partial charge in [-0.3, -0.25) is 0 Å². The van der Waals surface area contributed by atoms with Gasteiger partial charge < -0.3 is 18.6 Å². The number of hydrogen-bond acceptors (Lipinski definition) is 4. The van der Waals surface area contributed by atoms with Crippen LogP contribution in [0.1, 0.15) is 40.0 Å². The molecule has 0 aromatic heterocycles. The molecule has 0 aliphatic carbocycles. The molecule has 105 valence electrons. The van der Waals surface area contributed by atoms with Gasteiger partial charge >= 0.3 is 14.0 Å². The lowest BCUT2D eigenvalue weighted by Crippen LogP contribution is -2.49. The standard InChI is InChI=1S/C12H24B3O4/c1-4-11-8-12(2,3)10-19-15(18-9-11)13-14-16-6-5-7-17-14/h11H,4-10H2,1-3H3. The van der Waals surface area contributed by atoms with E-state index in [-0.39, 0.29) is 19.4 Å². The van der Waals surface area contributed by atoms with Gasteiger partial charge in [0.1, 0.15) is 0 Å². The minimum Gasteiger partial charge on any atom is -0.418 e. The fourth-order valence-corrected chi connectivity index (χ4v) is 2.60. The first-order valence-corrected chi connectivity index (χ1v) is 7.40. The zero-order valence-electron chi connectivity index (χ0n) is 12.4. The quantitative estimate of drug-likeness (QED) is 0.726. The zero-order chi connectivity index (χ0) is 13.7. The molecule has 0 bridgehead atoms. The van der Waals surface area contributed by atoms with Gasteiger partial charge in [0.25, 0.3) is 0 Å². The van der Waals surface area contributed by atoms with Crippen LogP contribution in [0.2, 0.25) is 0 Å². The van der Waals surface area contributed by atoms with E-state index < -0.39 is 0 Å². The van der Waals surface area contributed by atoms with Crippen molar-refractivity contribution in [3.8, 4) is 0 Å². The zero-order valence-corrected chi connectivity index (χ0v) is 12.4. The first-order valence-electron chi connectivity index (χ1n) is 7.40. The predicted molar refractivity (Wildman–Crippen MR) is 77.9 cm³/mol. The average Bonchev–Trinajstić information content (AvgIpc) is 2.39. The van der Waals surface area contributed by atoms with Crippen molar-refractivity contribution in [2.75, 3.05) is 26.4 Å². The van der Waals surface area contributed by atoms with Crippen LogP contribution in [0.4, 0.5) is 0 Å². The molecule has 2 saturated heterocycles. The Labute approximate surface area is 118 Å². The molecule has 7 heteroatoms. The highest BCUT2D eigenvalue weighted by atomic mass is 16.6. The van der Waals surface area contributed by atoms with Gasteiger partial charge in [-0.05, 0) is 24.2 Å². The molecule has 0 amide bonds. The van der Waals surface area contributed by atoms with Crippen molar-refractivity contribution in [2.45, 2.75) is 40.0 Å². The number of hydrogen-bond donors (Lipinski definition) is 0. The van der Waals surface area contributed by atoms with Gasteiger partial charge in [-0.25, -0.2) is 0 Å². The van der Waals surface area contributed by atoms with Crippen LogP contribution in [0, 0.1) is 11.3 Å². The van der Waals surface area contributed by atoms with E-state index in [4.69, 9.17) is 18.6 Å². The van der Waals surface area contributed by atoms with Gasteiger partial charge in [-0.15, -0.1) is 0 Å². The van der Waals surface area contributed by atoms with Crippen LogP contribution in [0.5, 0.6) is 0 Å². The van der Waals surface area contributed by atoms with Crippen LogP contribution >= 0.6 is 0 Å². The normalized spacial score (nSPS) is 28.7. The highest BCUT2D eigenvalue weighted by molar-refractivity contribution is 7.35. The minimum atomic E-state index is -0.322. The summed E-state index contributed by atoms with van der Waals surface area (Å²) in [6.07, 6.45) is 3.25. The summed E-state index contributed by atoms with van der Waals surface area (Å²) in [6.45, 7) is 9.68. The molecule has 2 rings (SSSR count). The Morgan fingerprint density at radius 1 is 1.11 bits per heavy atom. The lowest BCUT2D eigenvalue weighted by molar-refractivity contribution is 0.0677. The second-order valence-electron chi connectivity index (χ2n) is 6.31. The fraction of sp³-hybridized carbons (Fsp3) is 1.00. The summed E-state index contributed by atoms with van der Waals surface area (Å²) in [4.78, 5) is 0. The Kier molecular flexibility index (Phi) is 5.81. The maximum absolute atomic E-state index is 5.86. The van der Waals surface area contributed by atoms with E-state index in [1.807, 2.05) is 7.06 Å². The third-order valence-electron chi connectivity index (χ3n) is 3.72. The lowest BCUT2D eigenvalue weighted by Gasteiger charge is -2.34. The van der Waals surface area contributed by atoms with Crippen LogP contribution < -0.4 is 0 Å². The maximum Gasteiger partial charge on any atom is 0.395 e.